The molecule has 0 fully saturated rings. The van der Waals surface area contributed by atoms with E-state index in [0.717, 1.165) is 19.3 Å². The molecule has 1 aromatic heterocycles. The Labute approximate surface area is 94.7 Å². The van der Waals surface area contributed by atoms with Crippen LogP contribution in [-0.2, 0) is 7.05 Å². The molecule has 1 aromatic rings. The minimum Gasteiger partial charge on any atom is -0.396 e. The van der Waals surface area contributed by atoms with Crippen molar-refractivity contribution >= 4 is 12.2 Å². The van der Waals surface area contributed by atoms with Crippen LogP contribution in [0.1, 0.15) is 38.6 Å². The Morgan fingerprint density at radius 2 is 2.13 bits per heavy atom. The number of aliphatic hydroxyl groups excluding tert-OH is 1. The van der Waals surface area contributed by atoms with Crippen molar-refractivity contribution in [2.45, 2.75) is 38.6 Å². The molecule has 0 saturated heterocycles. The Balaban J connectivity index is 2.79. The lowest BCUT2D eigenvalue weighted by Crippen LogP contribution is -2.13. The first kappa shape index (κ1) is 12.3. The van der Waals surface area contributed by atoms with Crippen LogP contribution in [0.25, 0.3) is 0 Å². The summed E-state index contributed by atoms with van der Waals surface area (Å²) in [7, 11) is 1.78. The van der Waals surface area contributed by atoms with Gasteiger partial charge in [-0.05, 0) is 35.5 Å². The fraction of sp³-hybridized carbons (Fsp3) is 0.889. The summed E-state index contributed by atoms with van der Waals surface area (Å²) < 4.78 is 3.93. The van der Waals surface area contributed by atoms with Gasteiger partial charge >= 0.3 is 0 Å². The highest BCUT2D eigenvalue weighted by Crippen LogP contribution is 2.17. The van der Waals surface area contributed by atoms with Crippen molar-refractivity contribution in [3.8, 4) is 0 Å². The molecule has 0 aliphatic carbocycles. The van der Waals surface area contributed by atoms with E-state index in [0.29, 0.717) is 11.2 Å². The Morgan fingerprint density at radius 1 is 1.40 bits per heavy atom. The highest BCUT2D eigenvalue weighted by Gasteiger charge is 2.13. The molecule has 0 aliphatic rings. The van der Waals surface area contributed by atoms with Crippen LogP contribution in [0.3, 0.4) is 0 Å². The quantitative estimate of drug-likeness (QED) is 0.752. The van der Waals surface area contributed by atoms with Gasteiger partial charge in [0.2, 0.25) is 4.77 Å². The molecule has 0 aromatic carbocycles. The first-order valence-corrected chi connectivity index (χ1v) is 5.70. The maximum atomic E-state index is 8.99. The standard InChI is InChI=1S/C9H18N4OS/c1-3-4-5-8(6-7-14)13-9(15)12(2)10-11-13/h8,14H,3-7H2,1-2H3/t8-/m1/s1. The summed E-state index contributed by atoms with van der Waals surface area (Å²) in [6.45, 7) is 2.30. The maximum absolute atomic E-state index is 8.99. The fourth-order valence-electron chi connectivity index (χ4n) is 1.53. The van der Waals surface area contributed by atoms with Crippen LogP contribution in [0.2, 0.25) is 0 Å². The van der Waals surface area contributed by atoms with Gasteiger partial charge in [-0.1, -0.05) is 19.8 Å². The molecule has 5 nitrogen and oxygen atoms in total. The van der Waals surface area contributed by atoms with E-state index in [1.54, 1.807) is 16.4 Å². The molecule has 0 spiro atoms. The van der Waals surface area contributed by atoms with E-state index in [-0.39, 0.29) is 12.6 Å². The number of aliphatic hydroxyl groups is 1. The molecular formula is C9H18N4OS. The van der Waals surface area contributed by atoms with Crippen molar-refractivity contribution in [3.63, 3.8) is 0 Å². The second-order valence-electron chi connectivity index (χ2n) is 3.64. The van der Waals surface area contributed by atoms with Crippen LogP contribution in [0.4, 0.5) is 0 Å². The molecule has 0 radical (unpaired) electrons. The van der Waals surface area contributed by atoms with Crippen LogP contribution >= 0.6 is 12.2 Å². The van der Waals surface area contributed by atoms with E-state index >= 15 is 0 Å². The van der Waals surface area contributed by atoms with Gasteiger partial charge in [0.1, 0.15) is 0 Å². The monoisotopic (exact) mass is 230 g/mol. The van der Waals surface area contributed by atoms with Crippen molar-refractivity contribution in [3.05, 3.63) is 4.77 Å². The fourth-order valence-corrected chi connectivity index (χ4v) is 1.76. The molecule has 0 saturated carbocycles. The largest absolute Gasteiger partial charge is 0.396 e. The molecule has 1 rings (SSSR count). The van der Waals surface area contributed by atoms with Gasteiger partial charge < -0.3 is 5.11 Å². The Bertz CT molecular complexity index is 346. The highest BCUT2D eigenvalue weighted by molar-refractivity contribution is 7.71. The second kappa shape index (κ2) is 5.97. The summed E-state index contributed by atoms with van der Waals surface area (Å²) in [4.78, 5) is 0. The summed E-state index contributed by atoms with van der Waals surface area (Å²) in [5.41, 5.74) is 0. The summed E-state index contributed by atoms with van der Waals surface area (Å²) >= 11 is 5.19. The van der Waals surface area contributed by atoms with Gasteiger partial charge in [0, 0.05) is 13.7 Å². The lowest BCUT2D eigenvalue weighted by molar-refractivity contribution is 0.241. The van der Waals surface area contributed by atoms with Crippen molar-refractivity contribution in [2.75, 3.05) is 6.61 Å². The van der Waals surface area contributed by atoms with Crippen LogP contribution in [0.15, 0.2) is 0 Å². The minimum absolute atomic E-state index is 0.159. The van der Waals surface area contributed by atoms with Gasteiger partial charge in [-0.15, -0.1) is 0 Å². The lowest BCUT2D eigenvalue weighted by Gasteiger charge is -2.14. The SMILES string of the molecule is CCCC[C@H](CCO)n1nnn(C)c1=S. The van der Waals surface area contributed by atoms with Crippen molar-refractivity contribution in [1.29, 1.82) is 0 Å². The molecule has 1 heterocycles. The van der Waals surface area contributed by atoms with E-state index < -0.39 is 0 Å². The minimum atomic E-state index is 0.159. The first-order chi connectivity index (χ1) is 7.20. The molecule has 1 N–H and O–H groups in total. The Hall–Kier alpha value is -0.750. The third-order valence-electron chi connectivity index (χ3n) is 2.44. The van der Waals surface area contributed by atoms with Gasteiger partial charge in [0.25, 0.3) is 0 Å². The van der Waals surface area contributed by atoms with E-state index in [1.165, 1.54) is 0 Å². The van der Waals surface area contributed by atoms with Gasteiger partial charge in [0.05, 0.1) is 6.04 Å². The lowest BCUT2D eigenvalue weighted by atomic mass is 10.1. The van der Waals surface area contributed by atoms with Crippen molar-refractivity contribution in [2.24, 2.45) is 7.05 Å². The van der Waals surface area contributed by atoms with E-state index in [9.17, 15) is 0 Å². The molecule has 0 amide bonds. The zero-order chi connectivity index (χ0) is 11.3. The summed E-state index contributed by atoms with van der Waals surface area (Å²) in [5.74, 6) is 0. The average Bonchev–Trinajstić information content (AvgIpc) is 2.55. The van der Waals surface area contributed by atoms with E-state index in [1.807, 2.05) is 0 Å². The normalized spacial score (nSPS) is 13.0. The van der Waals surface area contributed by atoms with Crippen LogP contribution in [0.5, 0.6) is 0 Å². The Morgan fingerprint density at radius 3 is 2.60 bits per heavy atom. The van der Waals surface area contributed by atoms with E-state index in [2.05, 4.69) is 17.4 Å². The number of rotatable bonds is 6. The number of nitrogens with zero attached hydrogens (tertiary/aromatic N) is 4. The van der Waals surface area contributed by atoms with Gasteiger partial charge in [-0.25, -0.2) is 9.36 Å². The number of hydrogen-bond donors (Lipinski definition) is 1. The summed E-state index contributed by atoms with van der Waals surface area (Å²) in [6, 6.07) is 0.177. The molecule has 1 atom stereocenters. The number of aromatic nitrogens is 4. The molecule has 0 bridgehead atoms. The smallest absolute Gasteiger partial charge is 0.215 e. The number of hydrogen-bond acceptors (Lipinski definition) is 4. The van der Waals surface area contributed by atoms with Crippen molar-refractivity contribution in [1.82, 2.24) is 19.8 Å². The molecular weight excluding hydrogens is 212 g/mol. The molecule has 86 valence electrons. The molecule has 15 heavy (non-hydrogen) atoms. The number of unbranched alkanes of at least 4 members (excludes halogenated alkanes) is 1. The van der Waals surface area contributed by atoms with Crippen LogP contribution in [-0.4, -0.2) is 31.5 Å². The second-order valence-corrected chi connectivity index (χ2v) is 4.00. The maximum Gasteiger partial charge on any atom is 0.215 e. The van der Waals surface area contributed by atoms with E-state index in [4.69, 9.17) is 17.3 Å². The highest BCUT2D eigenvalue weighted by atomic mass is 32.1. The molecule has 0 aliphatic heterocycles. The van der Waals surface area contributed by atoms with Crippen LogP contribution in [0, 0.1) is 4.77 Å². The summed E-state index contributed by atoms with van der Waals surface area (Å²) in [5, 5.41) is 16.9. The zero-order valence-electron chi connectivity index (χ0n) is 9.26. The van der Waals surface area contributed by atoms with Crippen LogP contribution < -0.4 is 0 Å². The molecule has 0 unspecified atom stereocenters. The van der Waals surface area contributed by atoms with Gasteiger partial charge in [-0.2, -0.15) is 0 Å². The van der Waals surface area contributed by atoms with Gasteiger partial charge in [0.15, 0.2) is 0 Å². The Kier molecular flexibility index (Phi) is 4.90. The predicted octanol–water partition coefficient (Wildman–Crippen LogP) is 1.46. The zero-order valence-corrected chi connectivity index (χ0v) is 10.1. The third-order valence-corrected chi connectivity index (χ3v) is 2.89. The topological polar surface area (TPSA) is 55.9 Å². The summed E-state index contributed by atoms with van der Waals surface area (Å²) in [6.07, 6.45) is 3.93. The number of tetrazole rings is 1. The van der Waals surface area contributed by atoms with Gasteiger partial charge in [-0.3, -0.25) is 0 Å². The number of aryl methyl sites for hydroxylation is 1. The van der Waals surface area contributed by atoms with Crippen molar-refractivity contribution < 1.29 is 5.11 Å². The molecule has 6 heteroatoms. The predicted molar refractivity (Wildman–Crippen MR) is 60.1 cm³/mol. The third kappa shape index (κ3) is 3.10. The average molecular weight is 230 g/mol. The first-order valence-electron chi connectivity index (χ1n) is 5.30.